The van der Waals surface area contributed by atoms with Crippen molar-refractivity contribution >= 4 is 17.7 Å². The minimum absolute atomic E-state index is 0.287. The first-order valence-corrected chi connectivity index (χ1v) is 4.55. The smallest absolute Gasteiger partial charge is 0.304 e. The van der Waals surface area contributed by atoms with Gasteiger partial charge in [0.2, 0.25) is 0 Å². The molecule has 0 heterocycles. The molecule has 0 aliphatic carbocycles. The molecule has 0 aromatic rings. The Morgan fingerprint density at radius 3 is 2.70 bits per heavy atom. The maximum Gasteiger partial charge on any atom is 0.304 e. The fourth-order valence-corrected chi connectivity index (χ4v) is 1.40. The maximum absolute atomic E-state index is 10.1. The molecule has 0 aliphatic rings. The third-order valence-corrected chi connectivity index (χ3v) is 2.64. The molecular weight excluding hydrogens is 148 g/mol. The molecule has 0 aromatic carbocycles. The van der Waals surface area contributed by atoms with Crippen LogP contribution in [0.4, 0.5) is 0 Å². The van der Waals surface area contributed by atoms with Gasteiger partial charge < -0.3 is 5.11 Å². The van der Waals surface area contributed by atoms with Gasteiger partial charge in [-0.3, -0.25) is 4.79 Å². The van der Waals surface area contributed by atoms with Crippen molar-refractivity contribution in [3.05, 3.63) is 0 Å². The van der Waals surface area contributed by atoms with E-state index in [1.54, 1.807) is 11.8 Å². The van der Waals surface area contributed by atoms with Gasteiger partial charge in [-0.2, -0.15) is 11.8 Å². The predicted octanol–water partition coefficient (Wildman–Crippen LogP) is 1.99. The first kappa shape index (κ1) is 9.82. The minimum Gasteiger partial charge on any atom is -0.481 e. The van der Waals surface area contributed by atoms with E-state index in [2.05, 4.69) is 13.8 Å². The zero-order valence-electron chi connectivity index (χ0n) is 6.46. The van der Waals surface area contributed by atoms with Gasteiger partial charge in [0.25, 0.3) is 0 Å². The Labute approximate surface area is 66.0 Å². The summed E-state index contributed by atoms with van der Waals surface area (Å²) in [7, 11) is 0. The number of hydrogen-bond acceptors (Lipinski definition) is 2. The van der Waals surface area contributed by atoms with Crippen molar-refractivity contribution in [3.63, 3.8) is 0 Å². The standard InChI is InChI=1S/C7H14O2S/c1-3-6(2)10-5-4-7(8)9/h6H,3-5H2,1-2H3,(H,8,9). The second kappa shape index (κ2) is 5.59. The highest BCUT2D eigenvalue weighted by molar-refractivity contribution is 7.99. The van der Waals surface area contributed by atoms with Crippen LogP contribution in [0.3, 0.4) is 0 Å². The number of carboxylic acid groups (broad SMARTS) is 1. The van der Waals surface area contributed by atoms with Gasteiger partial charge in [0.15, 0.2) is 0 Å². The first-order valence-electron chi connectivity index (χ1n) is 3.50. The maximum atomic E-state index is 10.1. The second-order valence-electron chi connectivity index (χ2n) is 2.23. The van der Waals surface area contributed by atoms with Gasteiger partial charge in [0.1, 0.15) is 0 Å². The molecule has 60 valence electrons. The van der Waals surface area contributed by atoms with Crippen LogP contribution in [0, 0.1) is 0 Å². The van der Waals surface area contributed by atoms with E-state index in [-0.39, 0.29) is 6.42 Å². The quantitative estimate of drug-likeness (QED) is 0.671. The van der Waals surface area contributed by atoms with Gasteiger partial charge in [0.05, 0.1) is 6.42 Å². The molecule has 0 fully saturated rings. The van der Waals surface area contributed by atoms with Crippen molar-refractivity contribution in [3.8, 4) is 0 Å². The van der Waals surface area contributed by atoms with Gasteiger partial charge in [-0.25, -0.2) is 0 Å². The number of carbonyl (C=O) groups is 1. The van der Waals surface area contributed by atoms with Crippen LogP contribution >= 0.6 is 11.8 Å². The van der Waals surface area contributed by atoms with Crippen LogP contribution in [0.15, 0.2) is 0 Å². The van der Waals surface area contributed by atoms with Crippen LogP contribution in [-0.2, 0) is 4.79 Å². The second-order valence-corrected chi connectivity index (χ2v) is 3.78. The molecule has 3 heteroatoms. The summed E-state index contributed by atoms with van der Waals surface area (Å²) in [5.41, 5.74) is 0. The molecule has 0 saturated carbocycles. The summed E-state index contributed by atoms with van der Waals surface area (Å²) >= 11 is 1.72. The molecule has 0 bridgehead atoms. The highest BCUT2D eigenvalue weighted by atomic mass is 32.2. The molecule has 0 amide bonds. The van der Waals surface area contributed by atoms with Crippen LogP contribution in [0.5, 0.6) is 0 Å². The molecule has 0 aliphatic heterocycles. The Bertz CT molecular complexity index is 104. The van der Waals surface area contributed by atoms with E-state index in [4.69, 9.17) is 5.11 Å². The highest BCUT2D eigenvalue weighted by Crippen LogP contribution is 2.13. The Morgan fingerprint density at radius 1 is 1.70 bits per heavy atom. The molecule has 2 nitrogen and oxygen atoms in total. The number of hydrogen-bond donors (Lipinski definition) is 1. The van der Waals surface area contributed by atoms with E-state index in [1.807, 2.05) is 0 Å². The molecule has 1 atom stereocenters. The summed E-state index contributed by atoms with van der Waals surface area (Å²) in [5.74, 6) is 0.0421. The lowest BCUT2D eigenvalue weighted by atomic mass is 10.4. The van der Waals surface area contributed by atoms with Gasteiger partial charge >= 0.3 is 5.97 Å². The summed E-state index contributed by atoms with van der Waals surface area (Å²) in [5, 5.41) is 8.88. The van der Waals surface area contributed by atoms with Crippen LogP contribution in [0.25, 0.3) is 0 Å². The van der Waals surface area contributed by atoms with Crippen LogP contribution in [-0.4, -0.2) is 22.1 Å². The van der Waals surface area contributed by atoms with Crippen LogP contribution in [0.2, 0.25) is 0 Å². The number of thioether (sulfide) groups is 1. The molecule has 1 unspecified atom stereocenters. The summed E-state index contributed by atoms with van der Waals surface area (Å²) < 4.78 is 0. The Balaban J connectivity index is 3.11. The molecule has 1 N–H and O–H groups in total. The normalized spacial score (nSPS) is 13.0. The van der Waals surface area contributed by atoms with E-state index in [1.165, 1.54) is 0 Å². The van der Waals surface area contributed by atoms with E-state index in [0.717, 1.165) is 12.2 Å². The molecule has 0 rings (SSSR count). The van der Waals surface area contributed by atoms with Crippen molar-refractivity contribution < 1.29 is 9.90 Å². The molecule has 0 saturated heterocycles. The van der Waals surface area contributed by atoms with Crippen LogP contribution in [0.1, 0.15) is 26.7 Å². The van der Waals surface area contributed by atoms with E-state index in [9.17, 15) is 4.79 Å². The lowest BCUT2D eigenvalue weighted by Crippen LogP contribution is -2.00. The van der Waals surface area contributed by atoms with Crippen molar-refractivity contribution in [1.82, 2.24) is 0 Å². The lowest BCUT2D eigenvalue weighted by molar-refractivity contribution is -0.136. The van der Waals surface area contributed by atoms with Gasteiger partial charge in [-0.15, -0.1) is 0 Å². The molecule has 10 heavy (non-hydrogen) atoms. The van der Waals surface area contributed by atoms with E-state index >= 15 is 0 Å². The Kier molecular flexibility index (Phi) is 5.49. The van der Waals surface area contributed by atoms with E-state index in [0.29, 0.717) is 5.25 Å². The van der Waals surface area contributed by atoms with Gasteiger partial charge in [-0.1, -0.05) is 13.8 Å². The average molecular weight is 162 g/mol. The Hall–Kier alpha value is -0.180. The number of rotatable bonds is 5. The van der Waals surface area contributed by atoms with Crippen molar-refractivity contribution in [1.29, 1.82) is 0 Å². The Morgan fingerprint density at radius 2 is 2.30 bits per heavy atom. The molecular formula is C7H14O2S. The summed E-state index contributed by atoms with van der Waals surface area (Å²) in [6.07, 6.45) is 1.40. The summed E-state index contributed by atoms with van der Waals surface area (Å²) in [6, 6.07) is 0. The zero-order chi connectivity index (χ0) is 7.98. The predicted molar refractivity (Wildman–Crippen MR) is 44.5 cm³/mol. The third kappa shape index (κ3) is 5.95. The summed E-state index contributed by atoms with van der Waals surface area (Å²) in [6.45, 7) is 4.23. The number of carboxylic acids is 1. The molecule has 0 spiro atoms. The average Bonchev–Trinajstić information content (AvgIpc) is 1.87. The fourth-order valence-electron chi connectivity index (χ4n) is 0.465. The zero-order valence-corrected chi connectivity index (χ0v) is 7.28. The highest BCUT2D eigenvalue weighted by Gasteiger charge is 2.00. The molecule has 0 radical (unpaired) electrons. The SMILES string of the molecule is CCC(C)SCCC(=O)O. The van der Waals surface area contributed by atoms with Gasteiger partial charge in [-0.05, 0) is 6.42 Å². The monoisotopic (exact) mass is 162 g/mol. The van der Waals surface area contributed by atoms with E-state index < -0.39 is 5.97 Å². The third-order valence-electron chi connectivity index (χ3n) is 1.29. The minimum atomic E-state index is -0.698. The summed E-state index contributed by atoms with van der Waals surface area (Å²) in [4.78, 5) is 10.1. The topological polar surface area (TPSA) is 37.3 Å². The van der Waals surface area contributed by atoms with Crippen LogP contribution < -0.4 is 0 Å². The van der Waals surface area contributed by atoms with Crippen molar-refractivity contribution in [2.24, 2.45) is 0 Å². The van der Waals surface area contributed by atoms with Gasteiger partial charge in [0, 0.05) is 11.0 Å². The number of aliphatic carboxylic acids is 1. The largest absolute Gasteiger partial charge is 0.481 e. The van der Waals surface area contributed by atoms with Crippen molar-refractivity contribution in [2.75, 3.05) is 5.75 Å². The first-order chi connectivity index (χ1) is 4.66. The van der Waals surface area contributed by atoms with Crippen molar-refractivity contribution in [2.45, 2.75) is 31.9 Å². The lowest BCUT2D eigenvalue weighted by Gasteiger charge is -2.04. The fraction of sp³-hybridized carbons (Fsp3) is 0.857. The molecule has 0 aromatic heterocycles.